The molecule has 1 aliphatic rings. The molecule has 9 heteroatoms. The zero-order valence-electron chi connectivity index (χ0n) is 19.2. The second-order valence-corrected chi connectivity index (χ2v) is 9.41. The van der Waals surface area contributed by atoms with E-state index in [1.807, 2.05) is 50.2 Å². The summed E-state index contributed by atoms with van der Waals surface area (Å²) in [6, 6.07) is 13.5. The summed E-state index contributed by atoms with van der Waals surface area (Å²) < 4.78 is 39.0. The Morgan fingerprint density at radius 3 is 2.09 bits per heavy atom. The van der Waals surface area contributed by atoms with Gasteiger partial charge in [-0.05, 0) is 68.9 Å². The number of carbonyl (C=O) groups excluding carboxylic acids is 1. The smallest absolute Gasteiger partial charge is 0.744 e. The van der Waals surface area contributed by atoms with E-state index in [1.165, 1.54) is 12.1 Å². The molecule has 1 saturated heterocycles. The van der Waals surface area contributed by atoms with E-state index in [-0.39, 0.29) is 40.2 Å². The maximum Gasteiger partial charge on any atom is 1.00 e. The predicted octanol–water partition coefficient (Wildman–Crippen LogP) is -0.433. The topological polar surface area (TPSA) is 90.0 Å². The second-order valence-electron chi connectivity index (χ2n) is 8.03. The molecule has 1 atom stereocenters. The number of rotatable bonds is 8. The van der Waals surface area contributed by atoms with Gasteiger partial charge in [0.25, 0.3) is 0 Å². The van der Waals surface area contributed by atoms with Crippen LogP contribution in [0.1, 0.15) is 29.3 Å². The SMILES string of the molecule is CCC(Cc1ccc(S(=O)(=O)[O-])cc1)(C(=O)c1ccc(N2CCOCC2)cc1)N(C)C.[Na+]. The van der Waals surface area contributed by atoms with Gasteiger partial charge < -0.3 is 14.2 Å². The molecule has 2 aromatic rings. The van der Waals surface area contributed by atoms with Gasteiger partial charge in [-0.3, -0.25) is 9.69 Å². The van der Waals surface area contributed by atoms with E-state index in [1.54, 1.807) is 12.1 Å². The monoisotopic (exact) mass is 468 g/mol. The molecule has 3 rings (SSSR count). The predicted molar refractivity (Wildman–Crippen MR) is 119 cm³/mol. The van der Waals surface area contributed by atoms with Crippen molar-refractivity contribution in [3.63, 3.8) is 0 Å². The Balaban J connectivity index is 0.00000363. The fourth-order valence-electron chi connectivity index (χ4n) is 4.07. The first-order chi connectivity index (χ1) is 14.7. The van der Waals surface area contributed by atoms with Crippen LogP contribution in [0, 0.1) is 0 Å². The van der Waals surface area contributed by atoms with Crippen molar-refractivity contribution in [1.29, 1.82) is 0 Å². The van der Waals surface area contributed by atoms with Crippen molar-refractivity contribution in [2.24, 2.45) is 0 Å². The minimum absolute atomic E-state index is 0. The van der Waals surface area contributed by atoms with Crippen molar-refractivity contribution in [2.75, 3.05) is 45.3 Å². The molecule has 0 bridgehead atoms. The Hall–Kier alpha value is -1.26. The van der Waals surface area contributed by atoms with Crippen LogP contribution in [0.5, 0.6) is 0 Å². The normalized spacial score (nSPS) is 16.3. The minimum Gasteiger partial charge on any atom is -0.744 e. The molecule has 168 valence electrons. The maximum absolute atomic E-state index is 13.6. The average molecular weight is 469 g/mol. The number of Topliss-reactive ketones (excluding diaryl/α,β-unsaturated/α-hetero) is 1. The third-order valence-electron chi connectivity index (χ3n) is 6.08. The Morgan fingerprint density at radius 2 is 1.62 bits per heavy atom. The standard InChI is InChI=1S/C23H30N2O5S.Na/c1-4-23(24(2)3,17-18-5-11-21(12-6-18)31(27,28)29)22(26)19-7-9-20(10-8-19)25-13-15-30-16-14-25;/h5-12H,4,13-17H2,1-3H3,(H,27,28,29);/q;+1/p-1. The Bertz CT molecular complexity index is 1000. The molecule has 0 spiro atoms. The summed E-state index contributed by atoms with van der Waals surface area (Å²) in [7, 11) is -0.747. The molecule has 2 aromatic carbocycles. The number of ether oxygens (including phenoxy) is 1. The number of likely N-dealkylation sites (N-methyl/N-ethyl adjacent to an activating group) is 1. The van der Waals surface area contributed by atoms with Crippen LogP contribution in [0.25, 0.3) is 0 Å². The van der Waals surface area contributed by atoms with E-state index >= 15 is 0 Å². The van der Waals surface area contributed by atoms with Crippen LogP contribution < -0.4 is 34.5 Å². The number of carbonyl (C=O) groups is 1. The molecular weight excluding hydrogens is 439 g/mol. The van der Waals surface area contributed by atoms with E-state index in [0.29, 0.717) is 31.6 Å². The van der Waals surface area contributed by atoms with Gasteiger partial charge in [0.1, 0.15) is 10.1 Å². The molecule has 0 aromatic heterocycles. The fraction of sp³-hybridized carbons (Fsp3) is 0.435. The largest absolute Gasteiger partial charge is 1.00 e. The van der Waals surface area contributed by atoms with Crippen LogP contribution in [-0.4, -0.2) is 69.6 Å². The van der Waals surface area contributed by atoms with Gasteiger partial charge in [0.15, 0.2) is 5.78 Å². The summed E-state index contributed by atoms with van der Waals surface area (Å²) in [4.78, 5) is 17.5. The van der Waals surface area contributed by atoms with Crippen LogP contribution >= 0.6 is 0 Å². The number of ketones is 1. The van der Waals surface area contributed by atoms with Crippen molar-refractivity contribution >= 4 is 21.6 Å². The molecule has 1 fully saturated rings. The first-order valence-corrected chi connectivity index (χ1v) is 11.8. The van der Waals surface area contributed by atoms with Crippen LogP contribution in [0.15, 0.2) is 53.4 Å². The summed E-state index contributed by atoms with van der Waals surface area (Å²) in [6.07, 6.45) is 0.978. The third-order valence-corrected chi connectivity index (χ3v) is 6.93. The summed E-state index contributed by atoms with van der Waals surface area (Å²) in [6.45, 7) is 5.04. The second kappa shape index (κ2) is 11.2. The van der Waals surface area contributed by atoms with Crippen molar-refractivity contribution in [3.8, 4) is 0 Å². The van der Waals surface area contributed by atoms with Gasteiger partial charge in [-0.2, -0.15) is 0 Å². The molecular formula is C23H29N2NaO5S. The Kier molecular flexibility index (Phi) is 9.48. The molecule has 1 unspecified atom stereocenters. The Labute approximate surface area is 212 Å². The molecule has 0 saturated carbocycles. The van der Waals surface area contributed by atoms with E-state index in [2.05, 4.69) is 4.90 Å². The van der Waals surface area contributed by atoms with Gasteiger partial charge >= 0.3 is 29.6 Å². The minimum atomic E-state index is -4.50. The zero-order chi connectivity index (χ0) is 22.6. The van der Waals surface area contributed by atoms with Gasteiger partial charge in [0.05, 0.1) is 23.6 Å². The van der Waals surface area contributed by atoms with Gasteiger partial charge in [-0.15, -0.1) is 0 Å². The van der Waals surface area contributed by atoms with Gasteiger partial charge in [0, 0.05) is 24.3 Å². The number of benzene rings is 2. The first-order valence-electron chi connectivity index (χ1n) is 10.4. The molecule has 0 radical (unpaired) electrons. The van der Waals surface area contributed by atoms with Crippen LogP contribution in [0.4, 0.5) is 5.69 Å². The molecule has 1 heterocycles. The molecule has 7 nitrogen and oxygen atoms in total. The van der Waals surface area contributed by atoms with Gasteiger partial charge in [0.2, 0.25) is 0 Å². The molecule has 0 amide bonds. The molecule has 0 N–H and O–H groups in total. The van der Waals surface area contributed by atoms with E-state index in [0.717, 1.165) is 24.3 Å². The van der Waals surface area contributed by atoms with E-state index in [9.17, 15) is 17.8 Å². The number of hydrogen-bond donors (Lipinski definition) is 0. The number of nitrogens with zero attached hydrogens (tertiary/aromatic N) is 2. The first kappa shape index (κ1) is 27.0. The summed E-state index contributed by atoms with van der Waals surface area (Å²) in [5, 5.41) is 0. The van der Waals surface area contributed by atoms with Crippen molar-refractivity contribution in [3.05, 3.63) is 59.7 Å². The molecule has 0 aliphatic carbocycles. The van der Waals surface area contributed by atoms with E-state index < -0.39 is 15.7 Å². The summed E-state index contributed by atoms with van der Waals surface area (Å²) in [5.41, 5.74) is 1.70. The Morgan fingerprint density at radius 1 is 1.06 bits per heavy atom. The van der Waals surface area contributed by atoms with Gasteiger partial charge in [-0.1, -0.05) is 19.1 Å². The van der Waals surface area contributed by atoms with E-state index in [4.69, 9.17) is 4.74 Å². The number of hydrogen-bond acceptors (Lipinski definition) is 7. The van der Waals surface area contributed by atoms with Crippen LogP contribution in [0.3, 0.4) is 0 Å². The van der Waals surface area contributed by atoms with Gasteiger partial charge in [-0.25, -0.2) is 8.42 Å². The van der Waals surface area contributed by atoms with Crippen LogP contribution in [0.2, 0.25) is 0 Å². The maximum atomic E-state index is 13.6. The van der Waals surface area contributed by atoms with Crippen molar-refractivity contribution in [2.45, 2.75) is 30.2 Å². The third kappa shape index (κ3) is 5.99. The summed E-state index contributed by atoms with van der Waals surface area (Å²) in [5.74, 6) is 0.00838. The van der Waals surface area contributed by atoms with Crippen molar-refractivity contribution < 1.29 is 52.1 Å². The molecule has 1 aliphatic heterocycles. The van der Waals surface area contributed by atoms with Crippen LogP contribution in [-0.2, 0) is 21.3 Å². The quantitative estimate of drug-likeness (QED) is 0.295. The number of morpholine rings is 1. The summed E-state index contributed by atoms with van der Waals surface area (Å²) >= 11 is 0. The molecule has 32 heavy (non-hydrogen) atoms. The fourth-order valence-corrected chi connectivity index (χ4v) is 4.54. The number of anilines is 1. The van der Waals surface area contributed by atoms with Crippen molar-refractivity contribution in [1.82, 2.24) is 4.90 Å². The zero-order valence-corrected chi connectivity index (χ0v) is 22.0. The average Bonchev–Trinajstić information content (AvgIpc) is 2.77.